The molecule has 1 rings (SSSR count). The van der Waals surface area contributed by atoms with Crippen molar-refractivity contribution in [1.29, 1.82) is 0 Å². The van der Waals surface area contributed by atoms with E-state index >= 15 is 0 Å². The molecule has 0 aliphatic carbocycles. The van der Waals surface area contributed by atoms with Gasteiger partial charge >= 0.3 is 5.97 Å². The van der Waals surface area contributed by atoms with Crippen LogP contribution in [-0.4, -0.2) is 79.3 Å². The molecule has 0 aromatic carbocycles. The third kappa shape index (κ3) is 14.5. The average Bonchev–Trinajstić information content (AvgIpc) is 2.88. The Balaban J connectivity index is 2.94. The number of cyclic esters (lactones) is 1. The fourth-order valence-corrected chi connectivity index (χ4v) is 4.51. The van der Waals surface area contributed by atoms with Crippen molar-refractivity contribution < 1.29 is 40.2 Å². The summed E-state index contributed by atoms with van der Waals surface area (Å²) in [7, 11) is 0. The number of aliphatic hydroxyl groups excluding tert-OH is 6. The third-order valence-corrected chi connectivity index (χ3v) is 7.54. The summed E-state index contributed by atoms with van der Waals surface area (Å²) in [4.78, 5) is 12.7. The smallest absolute Gasteiger partial charge is 0.311 e. The first-order valence-electron chi connectivity index (χ1n) is 14.6. The molecule has 0 amide bonds. The molecule has 0 spiro atoms. The van der Waals surface area contributed by atoms with Crippen LogP contribution in [0, 0.1) is 17.8 Å². The van der Waals surface area contributed by atoms with Gasteiger partial charge in [-0.05, 0) is 45.4 Å². The van der Waals surface area contributed by atoms with E-state index in [1.54, 1.807) is 38.2 Å². The summed E-state index contributed by atoms with van der Waals surface area (Å²) in [5, 5.41) is 62.5. The zero-order chi connectivity index (χ0) is 30.1. The number of carbonyl (C=O) groups excluding carboxylic acids is 1. The summed E-state index contributed by atoms with van der Waals surface area (Å²) < 4.78 is 5.62. The van der Waals surface area contributed by atoms with Crippen LogP contribution in [-0.2, 0) is 9.53 Å². The monoisotopic (exact) mass is 564 g/mol. The summed E-state index contributed by atoms with van der Waals surface area (Å²) in [5.74, 6) is -1.80. The zero-order valence-corrected chi connectivity index (χ0v) is 24.5. The van der Waals surface area contributed by atoms with Crippen LogP contribution in [0.1, 0.15) is 72.6 Å². The van der Waals surface area contributed by atoms with Crippen LogP contribution >= 0.6 is 0 Å². The highest BCUT2D eigenvalue weighted by Gasteiger charge is 2.30. The first-order valence-corrected chi connectivity index (χ1v) is 14.6. The number of allylic oxidation sites excluding steroid dienone is 8. The Morgan fingerprint density at radius 1 is 0.700 bits per heavy atom. The van der Waals surface area contributed by atoms with Gasteiger partial charge < -0.3 is 35.4 Å². The lowest BCUT2D eigenvalue weighted by Gasteiger charge is -2.26. The Morgan fingerprint density at radius 3 is 1.77 bits per heavy atom. The molecule has 1 heterocycles. The highest BCUT2D eigenvalue weighted by Crippen LogP contribution is 2.22. The van der Waals surface area contributed by atoms with E-state index in [0.717, 1.165) is 0 Å². The van der Waals surface area contributed by atoms with Crippen molar-refractivity contribution in [3.05, 3.63) is 60.8 Å². The predicted molar refractivity (Wildman–Crippen MR) is 157 cm³/mol. The lowest BCUT2D eigenvalue weighted by Crippen LogP contribution is -2.35. The molecule has 40 heavy (non-hydrogen) atoms. The van der Waals surface area contributed by atoms with E-state index in [9.17, 15) is 35.4 Å². The second-order valence-corrected chi connectivity index (χ2v) is 11.0. The lowest BCUT2D eigenvalue weighted by molar-refractivity contribution is -0.159. The van der Waals surface area contributed by atoms with Crippen molar-refractivity contribution in [2.24, 2.45) is 17.8 Å². The van der Waals surface area contributed by atoms with Gasteiger partial charge in [-0.3, -0.25) is 4.79 Å². The first kappa shape index (κ1) is 36.0. The topological polar surface area (TPSA) is 148 Å². The summed E-state index contributed by atoms with van der Waals surface area (Å²) in [6.45, 7) is 7.24. The summed E-state index contributed by atoms with van der Waals surface area (Å²) in [6.07, 6.45) is 13.7. The van der Waals surface area contributed by atoms with Crippen molar-refractivity contribution in [3.63, 3.8) is 0 Å². The molecule has 0 saturated carbocycles. The number of carbonyl (C=O) groups is 1. The second-order valence-electron chi connectivity index (χ2n) is 11.0. The molecule has 8 heteroatoms. The van der Waals surface area contributed by atoms with Crippen molar-refractivity contribution >= 4 is 5.97 Å². The molecule has 6 N–H and O–H groups in total. The maximum Gasteiger partial charge on any atom is 0.311 e. The van der Waals surface area contributed by atoms with E-state index in [4.69, 9.17) is 4.74 Å². The van der Waals surface area contributed by atoms with Crippen LogP contribution in [0.3, 0.4) is 0 Å². The maximum absolute atomic E-state index is 12.7. The lowest BCUT2D eigenvalue weighted by atomic mass is 9.91. The minimum atomic E-state index is -1.05. The number of hydrogen-bond donors (Lipinski definition) is 6. The maximum atomic E-state index is 12.7. The van der Waals surface area contributed by atoms with Gasteiger partial charge in [-0.25, -0.2) is 0 Å². The number of aliphatic hydroxyl groups is 6. The number of rotatable bonds is 1. The molecule has 8 nitrogen and oxygen atoms in total. The van der Waals surface area contributed by atoms with Gasteiger partial charge in [-0.15, -0.1) is 0 Å². The molecule has 0 fully saturated rings. The van der Waals surface area contributed by atoms with Gasteiger partial charge in [0.1, 0.15) is 6.10 Å². The SMILES string of the molecule is CC[C@H]1C(=O)O[C@@H](C)[C@@H](C)C=CC=CC=CC=CC=C[C@@H](O)[C@@H](C)[C@@H](O)C[C@@H](O)C[C@@H](O)CCC[C@@H](O)C[C@H]1O. The molecule has 228 valence electrons. The van der Waals surface area contributed by atoms with Gasteiger partial charge in [0.15, 0.2) is 0 Å². The van der Waals surface area contributed by atoms with E-state index in [1.165, 1.54) is 0 Å². The standard InChI is InChI=1S/C32H52O8/c1-5-28-31(38)20-26(34)17-14-16-25(33)19-27(35)21-30(37)23(3)29(36)18-13-11-9-7-6-8-10-12-15-22(2)24(4)40-32(28)39/h6-13,15,18,22-31,33-38H,5,14,16-17,19-21H2,1-4H3/t22-,23+,24-,25-,26+,27-,28+,29+,30-,31+/m0/s1. The molecule has 0 saturated heterocycles. The zero-order valence-electron chi connectivity index (χ0n) is 24.5. The van der Waals surface area contributed by atoms with Crippen LogP contribution < -0.4 is 0 Å². The van der Waals surface area contributed by atoms with Crippen LogP contribution in [0.5, 0.6) is 0 Å². The molecule has 1 aliphatic rings. The molecule has 10 atom stereocenters. The van der Waals surface area contributed by atoms with Crippen molar-refractivity contribution in [2.45, 2.75) is 115 Å². The first-order chi connectivity index (χ1) is 19.0. The van der Waals surface area contributed by atoms with Crippen molar-refractivity contribution in [2.75, 3.05) is 0 Å². The fraction of sp³-hybridized carbons (Fsp3) is 0.656. The Bertz CT molecular complexity index is 848. The minimum Gasteiger partial charge on any atom is -0.462 e. The van der Waals surface area contributed by atoms with Crippen LogP contribution in [0.15, 0.2) is 60.8 Å². The van der Waals surface area contributed by atoms with Gasteiger partial charge in [-0.1, -0.05) is 81.5 Å². The number of esters is 1. The fourth-order valence-electron chi connectivity index (χ4n) is 4.51. The molecular formula is C32H52O8. The molecule has 0 aromatic rings. The van der Waals surface area contributed by atoms with Gasteiger partial charge in [0.2, 0.25) is 0 Å². The number of ether oxygens (including phenoxy) is 1. The van der Waals surface area contributed by atoms with E-state index < -0.39 is 60.5 Å². The molecule has 0 unspecified atom stereocenters. The largest absolute Gasteiger partial charge is 0.462 e. The molecular weight excluding hydrogens is 512 g/mol. The minimum absolute atomic E-state index is 0.0171. The van der Waals surface area contributed by atoms with Gasteiger partial charge in [0.25, 0.3) is 0 Å². The molecule has 0 aromatic heterocycles. The Morgan fingerprint density at radius 2 is 1.20 bits per heavy atom. The van der Waals surface area contributed by atoms with Crippen LogP contribution in [0.2, 0.25) is 0 Å². The van der Waals surface area contributed by atoms with E-state index in [1.807, 2.05) is 50.3 Å². The van der Waals surface area contributed by atoms with Crippen LogP contribution in [0.4, 0.5) is 0 Å². The summed E-state index contributed by atoms with van der Waals surface area (Å²) in [5.41, 5.74) is 0. The highest BCUT2D eigenvalue weighted by molar-refractivity contribution is 5.73. The van der Waals surface area contributed by atoms with Gasteiger partial charge in [-0.2, -0.15) is 0 Å². The quantitative estimate of drug-likeness (QED) is 0.265. The second kappa shape index (κ2) is 19.9. The highest BCUT2D eigenvalue weighted by atomic mass is 16.5. The molecule has 0 radical (unpaired) electrons. The normalized spacial score (nSPS) is 37.0. The van der Waals surface area contributed by atoms with Crippen molar-refractivity contribution in [1.82, 2.24) is 0 Å². The number of hydrogen-bond acceptors (Lipinski definition) is 8. The Hall–Kier alpha value is -2.07. The summed E-state index contributed by atoms with van der Waals surface area (Å²) in [6, 6.07) is 0. The van der Waals surface area contributed by atoms with E-state index in [2.05, 4.69) is 0 Å². The average molecular weight is 565 g/mol. The predicted octanol–water partition coefficient (Wildman–Crippen LogP) is 3.52. The van der Waals surface area contributed by atoms with Gasteiger partial charge in [0, 0.05) is 18.3 Å². The van der Waals surface area contributed by atoms with E-state index in [-0.39, 0.29) is 25.2 Å². The van der Waals surface area contributed by atoms with Crippen LogP contribution in [0.25, 0.3) is 0 Å². The summed E-state index contributed by atoms with van der Waals surface area (Å²) >= 11 is 0. The van der Waals surface area contributed by atoms with Gasteiger partial charge in [0.05, 0.1) is 42.5 Å². The van der Waals surface area contributed by atoms with Crippen molar-refractivity contribution in [3.8, 4) is 0 Å². The van der Waals surface area contributed by atoms with E-state index in [0.29, 0.717) is 25.7 Å². The molecule has 0 bridgehead atoms. The third-order valence-electron chi connectivity index (χ3n) is 7.54. The Labute approximate surface area is 240 Å². The Kier molecular flexibility index (Phi) is 17.9. The molecule has 1 aliphatic heterocycles.